The number of anilines is 1. The molecule has 3 aromatic heterocycles. The van der Waals surface area contributed by atoms with Crippen LogP contribution in [0.4, 0.5) is 10.5 Å². The third-order valence-electron chi connectivity index (χ3n) is 6.14. The van der Waals surface area contributed by atoms with Gasteiger partial charge in [-0.1, -0.05) is 6.07 Å². The fraction of sp³-hybridized carbons (Fsp3) is 0.346. The van der Waals surface area contributed by atoms with E-state index in [4.69, 9.17) is 4.74 Å². The molecule has 0 unspecified atom stereocenters. The first-order chi connectivity index (χ1) is 17.3. The number of ether oxygens (including phenoxy) is 1. The Morgan fingerprint density at radius 1 is 1.08 bits per heavy atom. The number of carbonyl (C=O) groups excluding carboxylic acids is 2. The molecule has 0 aliphatic carbocycles. The minimum absolute atomic E-state index is 0.205. The van der Waals surface area contributed by atoms with E-state index in [1.807, 2.05) is 56.0 Å². The van der Waals surface area contributed by atoms with Crippen LogP contribution in [-0.2, 0) is 4.74 Å². The minimum atomic E-state index is -0.500. The smallest absolute Gasteiger partial charge is 0.410 e. The van der Waals surface area contributed by atoms with Crippen LogP contribution in [0, 0.1) is 0 Å². The SMILES string of the molecule is CC(C)(C)OC(=O)N1CCC(n2cc(-c3ccc4[nH]nc(C(=O)Nc5ccncc5)c4c3)cn2)CC1. The van der Waals surface area contributed by atoms with E-state index in [-0.39, 0.29) is 18.0 Å². The summed E-state index contributed by atoms with van der Waals surface area (Å²) in [5.74, 6) is -0.294. The van der Waals surface area contributed by atoms with Crippen LogP contribution in [0.1, 0.15) is 50.1 Å². The first-order valence-corrected chi connectivity index (χ1v) is 12.0. The van der Waals surface area contributed by atoms with Gasteiger partial charge in [0.1, 0.15) is 5.60 Å². The van der Waals surface area contributed by atoms with E-state index in [1.165, 1.54) is 0 Å². The van der Waals surface area contributed by atoms with Crippen LogP contribution < -0.4 is 5.32 Å². The monoisotopic (exact) mass is 487 g/mol. The average molecular weight is 488 g/mol. The van der Waals surface area contributed by atoms with Gasteiger partial charge < -0.3 is 15.0 Å². The topological polar surface area (TPSA) is 118 Å². The number of aromatic amines is 1. The van der Waals surface area contributed by atoms with Crippen LogP contribution in [0.2, 0.25) is 0 Å². The number of rotatable bonds is 4. The molecular formula is C26H29N7O3. The molecule has 10 heteroatoms. The first kappa shape index (κ1) is 23.5. The summed E-state index contributed by atoms with van der Waals surface area (Å²) in [4.78, 5) is 30.9. The molecule has 1 saturated heterocycles. The molecule has 186 valence electrons. The van der Waals surface area contributed by atoms with Gasteiger partial charge >= 0.3 is 6.09 Å². The molecular weight excluding hydrogens is 458 g/mol. The van der Waals surface area contributed by atoms with Crippen LogP contribution in [-0.4, -0.2) is 60.6 Å². The summed E-state index contributed by atoms with van der Waals surface area (Å²) in [7, 11) is 0. The zero-order valence-electron chi connectivity index (χ0n) is 20.6. The number of piperidine rings is 1. The molecule has 1 fully saturated rings. The Kier molecular flexibility index (Phi) is 6.17. The Morgan fingerprint density at radius 3 is 2.56 bits per heavy atom. The number of likely N-dealkylation sites (tertiary alicyclic amines) is 1. The number of nitrogens with zero attached hydrogens (tertiary/aromatic N) is 5. The van der Waals surface area contributed by atoms with Gasteiger partial charge in [0, 0.05) is 48.3 Å². The largest absolute Gasteiger partial charge is 0.444 e. The van der Waals surface area contributed by atoms with Crippen molar-refractivity contribution in [3.8, 4) is 11.1 Å². The molecule has 2 N–H and O–H groups in total. The number of nitrogens with one attached hydrogen (secondary N) is 2. The van der Waals surface area contributed by atoms with E-state index >= 15 is 0 Å². The maximum Gasteiger partial charge on any atom is 0.410 e. The second-order valence-corrected chi connectivity index (χ2v) is 9.93. The molecule has 10 nitrogen and oxygen atoms in total. The van der Waals surface area contributed by atoms with Gasteiger partial charge in [0.15, 0.2) is 5.69 Å². The Morgan fingerprint density at radius 2 is 1.83 bits per heavy atom. The van der Waals surface area contributed by atoms with Crippen molar-refractivity contribution in [3.05, 3.63) is 60.8 Å². The summed E-state index contributed by atoms with van der Waals surface area (Å²) in [6.45, 7) is 6.89. The van der Waals surface area contributed by atoms with Gasteiger partial charge in [-0.25, -0.2) is 4.79 Å². The van der Waals surface area contributed by atoms with Crippen molar-refractivity contribution in [3.63, 3.8) is 0 Å². The number of benzene rings is 1. The van der Waals surface area contributed by atoms with Crippen LogP contribution in [0.15, 0.2) is 55.1 Å². The molecule has 1 aliphatic rings. The van der Waals surface area contributed by atoms with E-state index in [0.29, 0.717) is 24.5 Å². The molecule has 0 radical (unpaired) electrons. The van der Waals surface area contributed by atoms with Crippen LogP contribution in [0.25, 0.3) is 22.0 Å². The summed E-state index contributed by atoms with van der Waals surface area (Å²) < 4.78 is 7.46. The fourth-order valence-electron chi connectivity index (χ4n) is 4.32. The van der Waals surface area contributed by atoms with Crippen molar-refractivity contribution in [2.24, 2.45) is 0 Å². The zero-order valence-corrected chi connectivity index (χ0v) is 20.6. The number of fused-ring (bicyclic) bond motifs is 1. The molecule has 1 aliphatic heterocycles. The van der Waals surface area contributed by atoms with E-state index in [0.717, 1.165) is 34.9 Å². The first-order valence-electron chi connectivity index (χ1n) is 12.0. The van der Waals surface area contributed by atoms with Crippen molar-refractivity contribution in [1.82, 2.24) is 29.9 Å². The summed E-state index contributed by atoms with van der Waals surface area (Å²) in [6.07, 6.45) is 8.44. The number of carbonyl (C=O) groups is 2. The highest BCUT2D eigenvalue weighted by atomic mass is 16.6. The van der Waals surface area contributed by atoms with Crippen LogP contribution in [0.5, 0.6) is 0 Å². The lowest BCUT2D eigenvalue weighted by molar-refractivity contribution is 0.0184. The van der Waals surface area contributed by atoms with E-state index in [1.54, 1.807) is 29.4 Å². The van der Waals surface area contributed by atoms with Crippen molar-refractivity contribution in [1.29, 1.82) is 0 Å². The number of hydrogen-bond acceptors (Lipinski definition) is 6. The summed E-state index contributed by atoms with van der Waals surface area (Å²) >= 11 is 0. The second kappa shape index (κ2) is 9.44. The molecule has 2 amide bonds. The van der Waals surface area contributed by atoms with Gasteiger partial charge in [-0.15, -0.1) is 0 Å². The molecule has 36 heavy (non-hydrogen) atoms. The molecule has 0 bridgehead atoms. The molecule has 0 spiro atoms. The summed E-state index contributed by atoms with van der Waals surface area (Å²) in [6, 6.07) is 9.51. The standard InChI is InChI=1S/C26H29N7O3/c1-26(2,3)36-25(35)32-12-8-20(9-13-32)33-16-18(15-28-33)17-4-5-22-21(14-17)23(31-30-22)24(34)29-19-6-10-27-11-7-19/h4-7,10-11,14-16,20H,8-9,12-13H2,1-3H3,(H,30,31)(H,27,29,34). The number of pyridine rings is 1. The van der Waals surface area contributed by atoms with Crippen LogP contribution in [0.3, 0.4) is 0 Å². The van der Waals surface area contributed by atoms with Gasteiger partial charge in [0.05, 0.1) is 17.8 Å². The molecule has 1 aromatic carbocycles. The highest BCUT2D eigenvalue weighted by Gasteiger charge is 2.28. The number of amides is 2. The third-order valence-corrected chi connectivity index (χ3v) is 6.14. The van der Waals surface area contributed by atoms with Gasteiger partial charge in [-0.05, 0) is 63.4 Å². The Hall–Kier alpha value is -4.21. The van der Waals surface area contributed by atoms with Crippen molar-refractivity contribution >= 4 is 28.6 Å². The number of H-pyrrole nitrogens is 1. The van der Waals surface area contributed by atoms with Crippen molar-refractivity contribution in [2.75, 3.05) is 18.4 Å². The zero-order chi connectivity index (χ0) is 25.3. The van der Waals surface area contributed by atoms with E-state index in [2.05, 4.69) is 25.6 Å². The molecule has 0 saturated carbocycles. The van der Waals surface area contributed by atoms with Gasteiger partial charge in [-0.3, -0.25) is 19.6 Å². The summed E-state index contributed by atoms with van der Waals surface area (Å²) in [5.41, 5.74) is 3.15. The lowest BCUT2D eigenvalue weighted by Crippen LogP contribution is -2.42. The van der Waals surface area contributed by atoms with Crippen molar-refractivity contribution < 1.29 is 14.3 Å². The van der Waals surface area contributed by atoms with Gasteiger partial charge in [-0.2, -0.15) is 10.2 Å². The van der Waals surface area contributed by atoms with Crippen LogP contribution >= 0.6 is 0 Å². The third kappa shape index (κ3) is 5.07. The Bertz CT molecular complexity index is 1380. The predicted molar refractivity (Wildman–Crippen MR) is 136 cm³/mol. The molecule has 4 heterocycles. The minimum Gasteiger partial charge on any atom is -0.444 e. The van der Waals surface area contributed by atoms with E-state index < -0.39 is 5.60 Å². The fourth-order valence-corrected chi connectivity index (χ4v) is 4.32. The average Bonchev–Trinajstić information content (AvgIpc) is 3.51. The highest BCUT2D eigenvalue weighted by molar-refractivity contribution is 6.11. The van der Waals surface area contributed by atoms with Crippen molar-refractivity contribution in [2.45, 2.75) is 45.3 Å². The molecule has 4 aromatic rings. The lowest BCUT2D eigenvalue weighted by Gasteiger charge is -2.33. The van der Waals surface area contributed by atoms with E-state index in [9.17, 15) is 9.59 Å². The maximum atomic E-state index is 12.8. The molecule has 0 atom stereocenters. The van der Waals surface area contributed by atoms with Gasteiger partial charge in [0.25, 0.3) is 5.91 Å². The predicted octanol–water partition coefficient (Wildman–Crippen LogP) is 4.65. The summed E-state index contributed by atoms with van der Waals surface area (Å²) in [5, 5.41) is 15.3. The quantitative estimate of drug-likeness (QED) is 0.433. The number of hydrogen-bond donors (Lipinski definition) is 2. The molecule has 5 rings (SSSR count). The highest BCUT2D eigenvalue weighted by Crippen LogP contribution is 2.29. The lowest BCUT2D eigenvalue weighted by atomic mass is 10.0. The number of aromatic nitrogens is 5. The Balaban J connectivity index is 1.29. The second-order valence-electron chi connectivity index (χ2n) is 9.93. The Labute approximate surface area is 208 Å². The van der Waals surface area contributed by atoms with Gasteiger partial charge in [0.2, 0.25) is 0 Å². The maximum absolute atomic E-state index is 12.8. The normalized spacial score (nSPS) is 14.7.